The van der Waals surface area contributed by atoms with Crippen molar-refractivity contribution in [3.63, 3.8) is 0 Å². The molecule has 3 aromatic rings. The highest BCUT2D eigenvalue weighted by Gasteiger charge is 2.24. The van der Waals surface area contributed by atoms with E-state index in [0.717, 1.165) is 16.7 Å². The van der Waals surface area contributed by atoms with Gasteiger partial charge in [-0.15, -0.1) is 0 Å². The predicted octanol–water partition coefficient (Wildman–Crippen LogP) is 3.36. The van der Waals surface area contributed by atoms with E-state index in [-0.39, 0.29) is 11.5 Å². The number of fused-ring (bicyclic) bond motifs is 2. The van der Waals surface area contributed by atoms with Crippen molar-refractivity contribution in [1.82, 2.24) is 0 Å². The Labute approximate surface area is 125 Å². The molecule has 0 amide bonds. The van der Waals surface area contributed by atoms with Crippen molar-refractivity contribution in [2.45, 2.75) is 5.92 Å². The molecule has 1 aliphatic rings. The first kappa shape index (κ1) is 12.7. The number of aromatic hydroxyl groups is 2. The van der Waals surface area contributed by atoms with E-state index in [2.05, 4.69) is 0 Å². The molecule has 0 spiro atoms. The van der Waals surface area contributed by atoms with Crippen LogP contribution in [0, 0.1) is 0 Å². The molecule has 1 unspecified atom stereocenters. The fraction of sp³-hybridized carbons (Fsp3) is 0.0556. The third-order valence-corrected chi connectivity index (χ3v) is 4.05. The molecular formula is C18H12O4. The summed E-state index contributed by atoms with van der Waals surface area (Å²) < 4.78 is 5.07. The lowest BCUT2D eigenvalue weighted by Crippen LogP contribution is -2.02. The first-order chi connectivity index (χ1) is 10.7. The van der Waals surface area contributed by atoms with Crippen LogP contribution in [0.25, 0.3) is 17.0 Å². The van der Waals surface area contributed by atoms with Gasteiger partial charge in [0.2, 0.25) is 5.75 Å². The lowest BCUT2D eigenvalue weighted by atomic mass is 9.90. The van der Waals surface area contributed by atoms with E-state index in [9.17, 15) is 15.0 Å². The quantitative estimate of drug-likeness (QED) is 0.675. The van der Waals surface area contributed by atoms with E-state index < -0.39 is 17.1 Å². The van der Waals surface area contributed by atoms with Crippen LogP contribution in [0.15, 0.2) is 57.8 Å². The van der Waals surface area contributed by atoms with E-state index in [0.29, 0.717) is 5.39 Å². The van der Waals surface area contributed by atoms with Crippen molar-refractivity contribution in [2.24, 2.45) is 0 Å². The van der Waals surface area contributed by atoms with Gasteiger partial charge in [-0.3, -0.25) is 0 Å². The zero-order chi connectivity index (χ0) is 15.3. The Morgan fingerprint density at radius 2 is 1.68 bits per heavy atom. The minimum absolute atomic E-state index is 0.0575. The number of rotatable bonds is 1. The summed E-state index contributed by atoms with van der Waals surface area (Å²) in [4.78, 5) is 11.5. The number of benzene rings is 2. The SMILES string of the molecule is O=c1oc2cccc(C3C=Cc4ccccc43)c2c(O)c1O. The van der Waals surface area contributed by atoms with Gasteiger partial charge in [-0.1, -0.05) is 48.6 Å². The van der Waals surface area contributed by atoms with Crippen molar-refractivity contribution < 1.29 is 14.6 Å². The van der Waals surface area contributed by atoms with Crippen LogP contribution in [0.1, 0.15) is 22.6 Å². The maximum absolute atomic E-state index is 11.5. The predicted molar refractivity (Wildman–Crippen MR) is 83.1 cm³/mol. The van der Waals surface area contributed by atoms with Crippen LogP contribution in [-0.4, -0.2) is 10.2 Å². The molecule has 2 aromatic carbocycles. The highest BCUT2D eigenvalue weighted by molar-refractivity contribution is 5.90. The van der Waals surface area contributed by atoms with Crippen LogP contribution in [0.3, 0.4) is 0 Å². The lowest BCUT2D eigenvalue weighted by molar-refractivity contribution is 0.378. The van der Waals surface area contributed by atoms with E-state index in [1.165, 1.54) is 0 Å². The molecule has 1 aliphatic carbocycles. The molecule has 0 saturated heterocycles. The average Bonchev–Trinajstić information content (AvgIpc) is 2.96. The molecule has 4 rings (SSSR count). The fourth-order valence-electron chi connectivity index (χ4n) is 3.03. The van der Waals surface area contributed by atoms with E-state index >= 15 is 0 Å². The second-order valence-electron chi connectivity index (χ2n) is 5.27. The van der Waals surface area contributed by atoms with E-state index in [1.54, 1.807) is 12.1 Å². The molecule has 1 heterocycles. The summed E-state index contributed by atoms with van der Waals surface area (Å²) in [6, 6.07) is 13.2. The number of allylic oxidation sites excluding steroid dienone is 1. The molecule has 2 N–H and O–H groups in total. The van der Waals surface area contributed by atoms with E-state index in [4.69, 9.17) is 4.42 Å². The zero-order valence-electron chi connectivity index (χ0n) is 11.5. The highest BCUT2D eigenvalue weighted by atomic mass is 16.4. The van der Waals surface area contributed by atoms with E-state index in [1.807, 2.05) is 42.5 Å². The Morgan fingerprint density at radius 3 is 2.55 bits per heavy atom. The molecular weight excluding hydrogens is 280 g/mol. The standard InChI is InChI=1S/C18H12O4/c19-16-15-13(6-3-7-14(15)22-18(21)17(16)20)12-9-8-10-4-1-2-5-11(10)12/h1-9,12,19-20H. The molecule has 0 fully saturated rings. The van der Waals surface area contributed by atoms with Crippen molar-refractivity contribution in [1.29, 1.82) is 0 Å². The minimum Gasteiger partial charge on any atom is -0.504 e. The summed E-state index contributed by atoms with van der Waals surface area (Å²) in [6.45, 7) is 0. The van der Waals surface area contributed by atoms with Gasteiger partial charge in [-0.05, 0) is 22.8 Å². The summed E-state index contributed by atoms with van der Waals surface area (Å²) in [5, 5.41) is 20.3. The molecule has 4 heteroatoms. The maximum Gasteiger partial charge on any atom is 0.382 e. The van der Waals surface area contributed by atoms with Crippen molar-refractivity contribution in [2.75, 3.05) is 0 Å². The topological polar surface area (TPSA) is 70.7 Å². The Balaban J connectivity index is 2.04. The third-order valence-electron chi connectivity index (χ3n) is 4.05. The normalized spacial score (nSPS) is 16.1. The van der Waals surface area contributed by atoms with Crippen molar-refractivity contribution >= 4 is 17.0 Å². The van der Waals surface area contributed by atoms with Crippen molar-refractivity contribution in [3.05, 3.63) is 75.7 Å². The summed E-state index contributed by atoms with van der Waals surface area (Å²) in [5.74, 6) is -1.24. The van der Waals surface area contributed by atoms with Crippen LogP contribution in [-0.2, 0) is 0 Å². The summed E-state index contributed by atoms with van der Waals surface area (Å²) in [6.07, 6.45) is 4.05. The van der Waals surface area contributed by atoms with Crippen molar-refractivity contribution in [3.8, 4) is 11.5 Å². The Kier molecular flexibility index (Phi) is 2.60. The molecule has 0 saturated carbocycles. The minimum atomic E-state index is -0.940. The smallest absolute Gasteiger partial charge is 0.382 e. The highest BCUT2D eigenvalue weighted by Crippen LogP contribution is 2.42. The summed E-state index contributed by atoms with van der Waals surface area (Å²) in [7, 11) is 0. The largest absolute Gasteiger partial charge is 0.504 e. The number of hydrogen-bond acceptors (Lipinski definition) is 4. The molecule has 4 nitrogen and oxygen atoms in total. The lowest BCUT2D eigenvalue weighted by Gasteiger charge is -2.14. The van der Waals surface area contributed by atoms with Gasteiger partial charge in [0.25, 0.3) is 0 Å². The number of hydrogen-bond donors (Lipinski definition) is 2. The van der Waals surface area contributed by atoms with Gasteiger partial charge >= 0.3 is 5.63 Å². The van der Waals surface area contributed by atoms with Gasteiger partial charge in [-0.25, -0.2) is 4.79 Å². The van der Waals surface area contributed by atoms with Crippen LogP contribution >= 0.6 is 0 Å². The molecule has 0 radical (unpaired) electrons. The van der Waals surface area contributed by atoms with Crippen LogP contribution in [0.2, 0.25) is 0 Å². The van der Waals surface area contributed by atoms with Gasteiger partial charge in [0.05, 0.1) is 5.39 Å². The molecule has 22 heavy (non-hydrogen) atoms. The van der Waals surface area contributed by atoms with Crippen LogP contribution < -0.4 is 5.63 Å². The Hall–Kier alpha value is -3.01. The fourth-order valence-corrected chi connectivity index (χ4v) is 3.03. The van der Waals surface area contributed by atoms with Gasteiger partial charge in [0.1, 0.15) is 5.58 Å². The molecule has 0 aliphatic heterocycles. The van der Waals surface area contributed by atoms with Gasteiger partial charge in [0, 0.05) is 5.92 Å². The monoisotopic (exact) mass is 292 g/mol. The summed E-state index contributed by atoms with van der Waals surface area (Å²) >= 11 is 0. The maximum atomic E-state index is 11.5. The molecule has 1 atom stereocenters. The van der Waals surface area contributed by atoms with Gasteiger partial charge in [0.15, 0.2) is 5.75 Å². The second-order valence-corrected chi connectivity index (χ2v) is 5.27. The zero-order valence-corrected chi connectivity index (χ0v) is 11.5. The first-order valence-corrected chi connectivity index (χ1v) is 6.91. The van der Waals surface area contributed by atoms with Gasteiger partial charge < -0.3 is 14.6 Å². The summed E-state index contributed by atoms with van der Waals surface area (Å²) in [5.41, 5.74) is 2.33. The average molecular weight is 292 g/mol. The Bertz CT molecular complexity index is 982. The van der Waals surface area contributed by atoms with Crippen LogP contribution in [0.5, 0.6) is 11.5 Å². The van der Waals surface area contributed by atoms with Gasteiger partial charge in [-0.2, -0.15) is 0 Å². The first-order valence-electron chi connectivity index (χ1n) is 6.91. The molecule has 1 aromatic heterocycles. The third kappa shape index (κ3) is 1.67. The molecule has 108 valence electrons. The second kappa shape index (κ2) is 4.49. The molecule has 0 bridgehead atoms. The Morgan fingerprint density at radius 1 is 0.909 bits per heavy atom. The van der Waals surface area contributed by atoms with Crippen LogP contribution in [0.4, 0.5) is 0 Å².